The van der Waals surface area contributed by atoms with Gasteiger partial charge in [-0.05, 0) is 12.5 Å². The van der Waals surface area contributed by atoms with Crippen LogP contribution in [0, 0.1) is 5.41 Å². The lowest BCUT2D eigenvalue weighted by molar-refractivity contribution is -0.160. The third kappa shape index (κ3) is 2.09. The molecule has 0 aromatic heterocycles. The average Bonchev–Trinajstić information content (AvgIpc) is 3.01. The summed E-state index contributed by atoms with van der Waals surface area (Å²) in [6.45, 7) is 6.22. The smallest absolute Gasteiger partial charge is 0.306 e. The van der Waals surface area contributed by atoms with Crippen LogP contribution in [0.4, 0.5) is 0 Å². The van der Waals surface area contributed by atoms with Crippen LogP contribution in [0.3, 0.4) is 0 Å². The van der Waals surface area contributed by atoms with Gasteiger partial charge in [0.05, 0.1) is 0 Å². The molecule has 3 heterocycles. The average molecular weight is 278 g/mol. The molecule has 0 radical (unpaired) electrons. The first-order valence-electron chi connectivity index (χ1n) is 6.93. The predicted octanol–water partition coefficient (Wildman–Crippen LogP) is -0.0611. The number of carbonyl (C=O) groups excluding carboxylic acids is 3. The number of ether oxygens (including phenoxy) is 1. The summed E-state index contributed by atoms with van der Waals surface area (Å²) in [7, 11) is 0. The molecule has 0 aromatic rings. The van der Waals surface area contributed by atoms with Crippen molar-refractivity contribution in [3.05, 3.63) is 12.7 Å². The van der Waals surface area contributed by atoms with E-state index in [1.54, 1.807) is 9.80 Å². The van der Waals surface area contributed by atoms with Crippen molar-refractivity contribution in [3.8, 4) is 0 Å². The zero-order valence-electron chi connectivity index (χ0n) is 11.3. The van der Waals surface area contributed by atoms with Crippen LogP contribution >= 0.6 is 0 Å². The van der Waals surface area contributed by atoms with Crippen LogP contribution in [0.1, 0.15) is 19.3 Å². The Bertz CT molecular complexity index is 482. The minimum atomic E-state index is -0.591. The molecular weight excluding hydrogens is 260 g/mol. The van der Waals surface area contributed by atoms with Gasteiger partial charge in [0.15, 0.2) is 6.10 Å². The van der Waals surface area contributed by atoms with E-state index in [4.69, 9.17) is 4.74 Å². The van der Waals surface area contributed by atoms with Gasteiger partial charge in [-0.1, -0.05) is 6.58 Å². The summed E-state index contributed by atoms with van der Waals surface area (Å²) < 4.78 is 5.00. The van der Waals surface area contributed by atoms with E-state index in [2.05, 4.69) is 6.58 Å². The third-order valence-corrected chi connectivity index (χ3v) is 4.45. The van der Waals surface area contributed by atoms with Crippen LogP contribution < -0.4 is 0 Å². The summed E-state index contributed by atoms with van der Waals surface area (Å²) in [5, 5.41) is 0. The van der Waals surface area contributed by atoms with E-state index in [-0.39, 0.29) is 23.2 Å². The van der Waals surface area contributed by atoms with Gasteiger partial charge in [-0.25, -0.2) is 0 Å². The van der Waals surface area contributed by atoms with Crippen molar-refractivity contribution in [3.63, 3.8) is 0 Å². The molecule has 0 bridgehead atoms. The summed E-state index contributed by atoms with van der Waals surface area (Å²) >= 11 is 0. The fourth-order valence-corrected chi connectivity index (χ4v) is 3.33. The van der Waals surface area contributed by atoms with Crippen molar-refractivity contribution >= 4 is 17.8 Å². The summed E-state index contributed by atoms with van der Waals surface area (Å²) in [4.78, 5) is 38.3. The van der Waals surface area contributed by atoms with Crippen molar-refractivity contribution < 1.29 is 19.1 Å². The maximum Gasteiger partial charge on any atom is 0.306 e. The topological polar surface area (TPSA) is 66.9 Å². The molecule has 6 nitrogen and oxygen atoms in total. The first-order chi connectivity index (χ1) is 9.53. The van der Waals surface area contributed by atoms with Crippen molar-refractivity contribution in [2.45, 2.75) is 25.4 Å². The molecule has 3 aliphatic heterocycles. The van der Waals surface area contributed by atoms with Gasteiger partial charge in [0, 0.05) is 44.4 Å². The van der Waals surface area contributed by atoms with E-state index in [9.17, 15) is 14.4 Å². The van der Waals surface area contributed by atoms with Crippen molar-refractivity contribution in [2.24, 2.45) is 5.41 Å². The van der Waals surface area contributed by atoms with Gasteiger partial charge >= 0.3 is 5.97 Å². The lowest BCUT2D eigenvalue weighted by Crippen LogP contribution is -2.61. The Morgan fingerprint density at radius 2 is 2.00 bits per heavy atom. The molecule has 0 unspecified atom stereocenters. The Morgan fingerprint density at radius 3 is 2.60 bits per heavy atom. The van der Waals surface area contributed by atoms with Crippen LogP contribution in [0.5, 0.6) is 0 Å². The van der Waals surface area contributed by atoms with Gasteiger partial charge in [0.2, 0.25) is 5.91 Å². The summed E-state index contributed by atoms with van der Waals surface area (Å²) in [6.07, 6.45) is 2.48. The second kappa shape index (κ2) is 4.61. The lowest BCUT2D eigenvalue weighted by Gasteiger charge is -2.48. The third-order valence-electron chi connectivity index (χ3n) is 4.45. The quantitative estimate of drug-likeness (QED) is 0.524. The molecule has 2 amide bonds. The monoisotopic (exact) mass is 278 g/mol. The highest BCUT2D eigenvalue weighted by molar-refractivity contribution is 5.88. The molecule has 20 heavy (non-hydrogen) atoms. The van der Waals surface area contributed by atoms with E-state index >= 15 is 0 Å². The molecule has 0 aromatic carbocycles. The molecule has 0 N–H and O–H groups in total. The molecule has 3 saturated heterocycles. The molecule has 1 atom stereocenters. The van der Waals surface area contributed by atoms with Crippen molar-refractivity contribution in [1.29, 1.82) is 0 Å². The second-order valence-electron chi connectivity index (χ2n) is 5.93. The van der Waals surface area contributed by atoms with Gasteiger partial charge in [-0.2, -0.15) is 0 Å². The number of likely N-dealkylation sites (tertiary alicyclic amines) is 2. The molecule has 3 fully saturated rings. The SMILES string of the molecule is C=CC(=O)N1CCC2(C1)CN(C(=O)[C@H]1CCC(=O)O1)C2. The van der Waals surface area contributed by atoms with E-state index in [1.807, 2.05) is 0 Å². The molecule has 3 aliphatic rings. The number of hydrogen-bond donors (Lipinski definition) is 0. The van der Waals surface area contributed by atoms with E-state index in [0.29, 0.717) is 32.5 Å². The lowest BCUT2D eigenvalue weighted by atomic mass is 9.78. The Balaban J connectivity index is 1.54. The van der Waals surface area contributed by atoms with E-state index < -0.39 is 6.10 Å². The normalized spacial score (nSPS) is 27.4. The van der Waals surface area contributed by atoms with Crippen molar-refractivity contribution in [1.82, 2.24) is 9.80 Å². The Morgan fingerprint density at radius 1 is 1.30 bits per heavy atom. The summed E-state index contributed by atoms with van der Waals surface area (Å²) in [5.74, 6) is -0.423. The van der Waals surface area contributed by atoms with Gasteiger partial charge in [0.1, 0.15) is 0 Å². The summed E-state index contributed by atoms with van der Waals surface area (Å²) in [6, 6.07) is 0. The molecule has 1 spiro atoms. The number of carbonyl (C=O) groups is 3. The van der Waals surface area contributed by atoms with Crippen molar-refractivity contribution in [2.75, 3.05) is 26.2 Å². The number of hydrogen-bond acceptors (Lipinski definition) is 4. The number of nitrogens with zero attached hydrogens (tertiary/aromatic N) is 2. The van der Waals surface area contributed by atoms with Crippen LogP contribution in [0.15, 0.2) is 12.7 Å². The van der Waals surface area contributed by atoms with Gasteiger partial charge in [0.25, 0.3) is 5.91 Å². The zero-order chi connectivity index (χ0) is 14.3. The number of amides is 2. The highest BCUT2D eigenvalue weighted by atomic mass is 16.6. The standard InChI is InChI=1S/C14H18N2O4/c1-2-11(17)15-6-5-14(7-15)8-16(9-14)13(19)10-3-4-12(18)20-10/h2,10H,1,3-9H2/t10-/m1/s1. The molecule has 0 aliphatic carbocycles. The minimum absolute atomic E-state index is 0.0386. The van der Waals surface area contributed by atoms with Crippen LogP contribution in [-0.4, -0.2) is 59.9 Å². The van der Waals surface area contributed by atoms with Gasteiger partial charge in [-0.15, -0.1) is 0 Å². The number of esters is 1. The molecular formula is C14H18N2O4. The first-order valence-corrected chi connectivity index (χ1v) is 6.93. The molecule has 108 valence electrons. The highest BCUT2D eigenvalue weighted by Crippen LogP contribution is 2.40. The zero-order valence-corrected chi connectivity index (χ0v) is 11.3. The fraction of sp³-hybridized carbons (Fsp3) is 0.643. The molecule has 0 saturated carbocycles. The molecule has 3 rings (SSSR count). The Hall–Kier alpha value is -1.85. The van der Waals surface area contributed by atoms with E-state index in [1.165, 1.54) is 6.08 Å². The maximum atomic E-state index is 12.1. The maximum absolute atomic E-state index is 12.1. The highest BCUT2D eigenvalue weighted by Gasteiger charge is 2.51. The Kier molecular flexibility index (Phi) is 3.03. The summed E-state index contributed by atoms with van der Waals surface area (Å²) in [5.41, 5.74) is 0.0386. The predicted molar refractivity (Wildman–Crippen MR) is 69.5 cm³/mol. The first kappa shape index (κ1) is 13.1. The van der Waals surface area contributed by atoms with Gasteiger partial charge in [-0.3, -0.25) is 14.4 Å². The minimum Gasteiger partial charge on any atom is -0.452 e. The van der Waals surface area contributed by atoms with E-state index in [0.717, 1.165) is 13.0 Å². The number of rotatable bonds is 2. The largest absolute Gasteiger partial charge is 0.452 e. The fourth-order valence-electron chi connectivity index (χ4n) is 3.33. The second-order valence-corrected chi connectivity index (χ2v) is 5.93. The molecule has 6 heteroatoms. The number of cyclic esters (lactones) is 1. The van der Waals surface area contributed by atoms with Gasteiger partial charge < -0.3 is 14.5 Å². The Labute approximate surface area is 117 Å². The van der Waals surface area contributed by atoms with Crippen LogP contribution in [-0.2, 0) is 19.1 Å². The van der Waals surface area contributed by atoms with Crippen LogP contribution in [0.25, 0.3) is 0 Å². The van der Waals surface area contributed by atoms with Crippen LogP contribution in [0.2, 0.25) is 0 Å².